The molecule has 0 aliphatic heterocycles. The van der Waals surface area contributed by atoms with E-state index in [1.165, 1.54) is 16.5 Å². The van der Waals surface area contributed by atoms with Gasteiger partial charge in [0, 0.05) is 29.7 Å². The van der Waals surface area contributed by atoms with Crippen LogP contribution < -0.4 is 5.32 Å². The highest BCUT2D eigenvalue weighted by molar-refractivity contribution is 5.84. The number of benzene rings is 1. The predicted octanol–water partition coefficient (Wildman–Crippen LogP) is 4.29. The Bertz CT molecular complexity index is 651. The topological polar surface area (TPSA) is 43.3 Å². The molecule has 120 valence electrons. The van der Waals surface area contributed by atoms with Gasteiger partial charge in [0.15, 0.2) is 0 Å². The molecule has 1 N–H and O–H groups in total. The van der Waals surface area contributed by atoms with E-state index in [0.29, 0.717) is 12.6 Å². The van der Waals surface area contributed by atoms with Gasteiger partial charge in [0.2, 0.25) is 0 Å². The van der Waals surface area contributed by atoms with Crippen LogP contribution in [0.2, 0.25) is 0 Å². The Morgan fingerprint density at radius 1 is 1.27 bits per heavy atom. The van der Waals surface area contributed by atoms with Gasteiger partial charge in [0.25, 0.3) is 0 Å². The Kier molecular flexibility index (Phi) is 4.79. The highest BCUT2D eigenvalue weighted by atomic mass is 16.6. The third kappa shape index (κ3) is 4.03. The van der Waals surface area contributed by atoms with Crippen molar-refractivity contribution in [1.29, 1.82) is 0 Å². The average Bonchev–Trinajstić information content (AvgIpc) is 2.76. The summed E-state index contributed by atoms with van der Waals surface area (Å²) < 4.78 is 7.53. The number of amides is 1. The van der Waals surface area contributed by atoms with Crippen LogP contribution in [0, 0.1) is 0 Å². The maximum absolute atomic E-state index is 11.7. The molecule has 0 bridgehead atoms. The predicted molar refractivity (Wildman–Crippen MR) is 90.3 cm³/mol. The van der Waals surface area contributed by atoms with E-state index in [2.05, 4.69) is 54.2 Å². The van der Waals surface area contributed by atoms with Crippen LogP contribution in [0.25, 0.3) is 10.9 Å². The number of para-hydroxylation sites is 1. The van der Waals surface area contributed by atoms with Crippen molar-refractivity contribution in [3.8, 4) is 0 Å². The number of hydrogen-bond donors (Lipinski definition) is 1. The molecule has 0 aliphatic carbocycles. The molecular weight excluding hydrogens is 276 g/mol. The molecule has 0 fully saturated rings. The van der Waals surface area contributed by atoms with Crippen LogP contribution >= 0.6 is 0 Å². The molecule has 0 saturated carbocycles. The van der Waals surface area contributed by atoms with Crippen LogP contribution in [0.3, 0.4) is 0 Å². The minimum absolute atomic E-state index is 0.361. The zero-order valence-corrected chi connectivity index (χ0v) is 14.1. The van der Waals surface area contributed by atoms with Crippen molar-refractivity contribution in [3.05, 3.63) is 36.0 Å². The fourth-order valence-electron chi connectivity index (χ4n) is 2.52. The summed E-state index contributed by atoms with van der Waals surface area (Å²) in [6, 6.07) is 8.80. The molecule has 0 aliphatic rings. The fraction of sp³-hybridized carbons (Fsp3) is 0.500. The maximum atomic E-state index is 11.7. The Balaban J connectivity index is 2.05. The highest BCUT2D eigenvalue weighted by Crippen LogP contribution is 2.24. The first-order valence-electron chi connectivity index (χ1n) is 7.83. The zero-order chi connectivity index (χ0) is 16.3. The molecule has 2 aromatic rings. The van der Waals surface area contributed by atoms with Crippen LogP contribution in [0.1, 0.15) is 46.2 Å². The van der Waals surface area contributed by atoms with Gasteiger partial charge in [-0.1, -0.05) is 18.2 Å². The van der Waals surface area contributed by atoms with Gasteiger partial charge >= 0.3 is 6.09 Å². The van der Waals surface area contributed by atoms with Crippen molar-refractivity contribution in [2.75, 3.05) is 6.54 Å². The van der Waals surface area contributed by atoms with Gasteiger partial charge < -0.3 is 14.6 Å². The normalized spacial score (nSPS) is 11.9. The van der Waals surface area contributed by atoms with Crippen molar-refractivity contribution < 1.29 is 9.53 Å². The number of alkyl carbamates (subject to hydrolysis) is 1. The molecule has 1 aromatic heterocycles. The van der Waals surface area contributed by atoms with Gasteiger partial charge in [-0.2, -0.15) is 0 Å². The van der Waals surface area contributed by atoms with Crippen molar-refractivity contribution >= 4 is 17.0 Å². The minimum Gasteiger partial charge on any atom is -0.444 e. The molecule has 2 rings (SSSR count). The summed E-state index contributed by atoms with van der Waals surface area (Å²) in [6.07, 6.45) is 2.62. The molecule has 4 heteroatoms. The monoisotopic (exact) mass is 302 g/mol. The van der Waals surface area contributed by atoms with Gasteiger partial charge in [0.05, 0.1) is 0 Å². The van der Waals surface area contributed by atoms with Gasteiger partial charge in [-0.3, -0.25) is 0 Å². The number of ether oxygens (including phenoxy) is 1. The van der Waals surface area contributed by atoms with E-state index < -0.39 is 5.60 Å². The van der Waals surface area contributed by atoms with Crippen LogP contribution in [0.15, 0.2) is 30.5 Å². The second kappa shape index (κ2) is 6.42. The second-order valence-corrected chi connectivity index (χ2v) is 6.85. The summed E-state index contributed by atoms with van der Waals surface area (Å²) in [7, 11) is 0. The molecule has 0 radical (unpaired) electrons. The Morgan fingerprint density at radius 2 is 1.95 bits per heavy atom. The van der Waals surface area contributed by atoms with E-state index in [1.807, 2.05) is 20.8 Å². The summed E-state index contributed by atoms with van der Waals surface area (Å²) in [5, 5.41) is 4.07. The lowest BCUT2D eigenvalue weighted by atomic mass is 10.1. The number of nitrogens with zero attached hydrogens (tertiary/aromatic N) is 1. The molecule has 0 atom stereocenters. The van der Waals surface area contributed by atoms with Crippen LogP contribution in [0.4, 0.5) is 4.79 Å². The van der Waals surface area contributed by atoms with Gasteiger partial charge in [0.1, 0.15) is 5.60 Å². The first-order chi connectivity index (χ1) is 10.3. The van der Waals surface area contributed by atoms with E-state index in [4.69, 9.17) is 4.74 Å². The number of fused-ring (bicyclic) bond motifs is 1. The third-order valence-electron chi connectivity index (χ3n) is 3.44. The number of hydrogen-bond acceptors (Lipinski definition) is 2. The quantitative estimate of drug-likeness (QED) is 0.915. The molecule has 0 spiro atoms. The van der Waals surface area contributed by atoms with E-state index in [-0.39, 0.29) is 6.09 Å². The molecule has 4 nitrogen and oxygen atoms in total. The maximum Gasteiger partial charge on any atom is 0.407 e. The molecule has 0 unspecified atom stereocenters. The number of rotatable bonds is 4. The van der Waals surface area contributed by atoms with E-state index in [9.17, 15) is 4.79 Å². The minimum atomic E-state index is -0.461. The van der Waals surface area contributed by atoms with Crippen molar-refractivity contribution in [2.24, 2.45) is 0 Å². The fourth-order valence-corrected chi connectivity index (χ4v) is 2.52. The summed E-state index contributed by atoms with van der Waals surface area (Å²) >= 11 is 0. The summed E-state index contributed by atoms with van der Waals surface area (Å²) in [4.78, 5) is 11.7. The van der Waals surface area contributed by atoms with Gasteiger partial charge in [-0.25, -0.2) is 4.79 Å². The van der Waals surface area contributed by atoms with Crippen molar-refractivity contribution in [1.82, 2.24) is 9.88 Å². The highest BCUT2D eigenvalue weighted by Gasteiger charge is 2.16. The smallest absolute Gasteiger partial charge is 0.407 e. The van der Waals surface area contributed by atoms with E-state index in [1.54, 1.807) is 0 Å². The third-order valence-corrected chi connectivity index (χ3v) is 3.44. The summed E-state index contributed by atoms with van der Waals surface area (Å²) in [6.45, 7) is 10.5. The molecular formula is C18H26N2O2. The van der Waals surface area contributed by atoms with Gasteiger partial charge in [-0.05, 0) is 52.7 Å². The van der Waals surface area contributed by atoms with Crippen LogP contribution in [-0.2, 0) is 11.2 Å². The Morgan fingerprint density at radius 3 is 2.59 bits per heavy atom. The molecule has 1 heterocycles. The lowest BCUT2D eigenvalue weighted by molar-refractivity contribution is 0.0528. The standard InChI is InChI=1S/C18H26N2O2/c1-13(2)20-12-14(15-8-6-7-9-16(15)20)10-11-19-17(21)22-18(3,4)5/h6-9,12-13H,10-11H2,1-5H3,(H,19,21). The summed E-state index contributed by atoms with van der Waals surface area (Å²) in [5.41, 5.74) is 2.03. The van der Waals surface area contributed by atoms with Gasteiger partial charge in [-0.15, -0.1) is 0 Å². The summed E-state index contributed by atoms with van der Waals surface area (Å²) in [5.74, 6) is 0. The molecule has 22 heavy (non-hydrogen) atoms. The number of nitrogens with one attached hydrogen (secondary N) is 1. The Hall–Kier alpha value is -1.97. The SMILES string of the molecule is CC(C)n1cc(CCNC(=O)OC(C)(C)C)c2ccccc21. The van der Waals surface area contributed by atoms with Crippen LogP contribution in [-0.4, -0.2) is 22.8 Å². The lowest BCUT2D eigenvalue weighted by Gasteiger charge is -2.19. The first-order valence-corrected chi connectivity index (χ1v) is 7.83. The first kappa shape index (κ1) is 16.4. The number of carbonyl (C=O) groups is 1. The second-order valence-electron chi connectivity index (χ2n) is 6.85. The van der Waals surface area contributed by atoms with E-state index in [0.717, 1.165) is 6.42 Å². The van der Waals surface area contributed by atoms with Crippen molar-refractivity contribution in [3.63, 3.8) is 0 Å². The average molecular weight is 302 g/mol. The largest absolute Gasteiger partial charge is 0.444 e. The van der Waals surface area contributed by atoms with Crippen molar-refractivity contribution in [2.45, 2.75) is 52.7 Å². The number of aromatic nitrogens is 1. The van der Waals surface area contributed by atoms with E-state index >= 15 is 0 Å². The Labute approximate surface area is 132 Å². The molecule has 0 saturated heterocycles. The lowest BCUT2D eigenvalue weighted by Crippen LogP contribution is -2.33. The molecule has 1 aromatic carbocycles. The van der Waals surface area contributed by atoms with Crippen LogP contribution in [0.5, 0.6) is 0 Å². The number of carbonyl (C=O) groups excluding carboxylic acids is 1. The zero-order valence-electron chi connectivity index (χ0n) is 14.1. The molecule has 1 amide bonds.